The summed E-state index contributed by atoms with van der Waals surface area (Å²) in [5, 5.41) is 13.4. The predicted octanol–water partition coefficient (Wildman–Crippen LogP) is 1.53. The lowest BCUT2D eigenvalue weighted by atomic mass is 9.91. The van der Waals surface area contributed by atoms with Crippen LogP contribution in [0.1, 0.15) is 42.5 Å². The molecule has 2 atom stereocenters. The molecular formula is C24H30N6O2. The third kappa shape index (κ3) is 3.09. The smallest absolute Gasteiger partial charge is 0.219 e. The molecule has 2 saturated heterocycles. The quantitative estimate of drug-likeness (QED) is 0.426. The number of pyridine rings is 1. The highest BCUT2D eigenvalue weighted by molar-refractivity contribution is 5.86. The molecule has 0 saturated carbocycles. The number of benzene rings is 1. The van der Waals surface area contributed by atoms with E-state index in [2.05, 4.69) is 32.8 Å². The van der Waals surface area contributed by atoms with E-state index in [-0.39, 0.29) is 11.8 Å². The number of carbonyl (C=O) groups is 1. The van der Waals surface area contributed by atoms with E-state index in [4.69, 9.17) is 10.7 Å². The Bertz CT molecular complexity index is 1210. The molecule has 32 heavy (non-hydrogen) atoms. The van der Waals surface area contributed by atoms with Gasteiger partial charge in [0.25, 0.3) is 0 Å². The first kappa shape index (κ1) is 20.0. The van der Waals surface area contributed by atoms with Crippen molar-refractivity contribution in [1.82, 2.24) is 19.6 Å². The van der Waals surface area contributed by atoms with Crippen molar-refractivity contribution < 1.29 is 9.90 Å². The van der Waals surface area contributed by atoms with E-state index in [1.165, 1.54) is 16.7 Å². The van der Waals surface area contributed by atoms with Crippen LogP contribution in [0.4, 0.5) is 5.82 Å². The molecule has 8 nitrogen and oxygen atoms in total. The number of aliphatic hydroxyl groups excluding tert-OH is 1. The fourth-order valence-electron chi connectivity index (χ4n) is 5.64. The fraction of sp³-hybridized carbons (Fsp3) is 0.500. The molecular weight excluding hydrogens is 404 g/mol. The number of hydrogen-bond acceptors (Lipinski definition) is 6. The molecule has 4 N–H and O–H groups in total. The highest BCUT2D eigenvalue weighted by Gasteiger charge is 2.37. The number of para-hydroxylation sites is 2. The summed E-state index contributed by atoms with van der Waals surface area (Å²) in [6.07, 6.45) is 1.79. The van der Waals surface area contributed by atoms with E-state index in [0.29, 0.717) is 12.6 Å². The topological polar surface area (TPSA) is 109 Å². The number of amides is 1. The first-order valence-corrected chi connectivity index (χ1v) is 11.6. The number of aliphatic hydroxyl groups is 1. The number of piperidine rings is 1. The summed E-state index contributed by atoms with van der Waals surface area (Å²) in [7, 11) is 0. The van der Waals surface area contributed by atoms with Gasteiger partial charge in [0, 0.05) is 62.7 Å². The minimum atomic E-state index is -0.767. The highest BCUT2D eigenvalue weighted by Crippen LogP contribution is 2.42. The van der Waals surface area contributed by atoms with Crippen LogP contribution in [0.2, 0.25) is 0 Å². The number of aromatic nitrogens is 2. The summed E-state index contributed by atoms with van der Waals surface area (Å²) in [6.45, 7) is 5.66. The van der Waals surface area contributed by atoms with Gasteiger partial charge in [-0.05, 0) is 37.0 Å². The first-order chi connectivity index (χ1) is 15.5. The second kappa shape index (κ2) is 7.43. The molecule has 168 valence electrons. The van der Waals surface area contributed by atoms with Crippen LogP contribution in [0.5, 0.6) is 0 Å². The number of nitrogens with two attached hydrogens (primary N) is 1. The highest BCUT2D eigenvalue weighted by atomic mass is 16.3. The van der Waals surface area contributed by atoms with E-state index in [0.717, 1.165) is 67.9 Å². The van der Waals surface area contributed by atoms with E-state index >= 15 is 0 Å². The Morgan fingerprint density at radius 2 is 1.97 bits per heavy atom. The maximum absolute atomic E-state index is 12.3. The van der Waals surface area contributed by atoms with Crippen LogP contribution in [-0.4, -0.2) is 57.7 Å². The predicted molar refractivity (Wildman–Crippen MR) is 123 cm³/mol. The lowest BCUT2D eigenvalue weighted by Crippen LogP contribution is -2.43. The number of carbonyl (C=O) groups excluding carboxylic acids is 1. The molecule has 3 aromatic rings. The number of hydrogen-bond donors (Lipinski definition) is 3. The molecule has 3 aliphatic rings. The minimum Gasteiger partial charge on any atom is -0.379 e. The molecule has 0 radical (unpaired) electrons. The van der Waals surface area contributed by atoms with Gasteiger partial charge < -0.3 is 26.0 Å². The monoisotopic (exact) mass is 434 g/mol. The van der Waals surface area contributed by atoms with Crippen LogP contribution in [0.15, 0.2) is 24.3 Å². The maximum Gasteiger partial charge on any atom is 0.219 e. The van der Waals surface area contributed by atoms with Gasteiger partial charge in [-0.15, -0.1) is 0 Å². The van der Waals surface area contributed by atoms with Crippen LogP contribution in [0.25, 0.3) is 16.7 Å². The van der Waals surface area contributed by atoms with Crippen LogP contribution in [0.3, 0.4) is 0 Å². The Kier molecular flexibility index (Phi) is 4.64. The van der Waals surface area contributed by atoms with Crippen molar-refractivity contribution in [3.63, 3.8) is 0 Å². The third-order valence-corrected chi connectivity index (χ3v) is 7.48. The fourth-order valence-corrected chi connectivity index (χ4v) is 5.64. The second-order valence-electron chi connectivity index (χ2n) is 9.42. The summed E-state index contributed by atoms with van der Waals surface area (Å²) < 4.78 is 2.33. The number of fused-ring (bicyclic) bond motifs is 4. The molecule has 2 unspecified atom stereocenters. The Balaban J connectivity index is 1.60. The number of rotatable bonds is 3. The molecule has 0 spiro atoms. The molecule has 2 aromatic heterocycles. The summed E-state index contributed by atoms with van der Waals surface area (Å²) in [5.41, 5.74) is 12.8. The van der Waals surface area contributed by atoms with Crippen molar-refractivity contribution in [3.05, 3.63) is 41.0 Å². The van der Waals surface area contributed by atoms with Gasteiger partial charge in [-0.25, -0.2) is 4.98 Å². The van der Waals surface area contributed by atoms with Gasteiger partial charge in [-0.3, -0.25) is 9.20 Å². The Morgan fingerprint density at radius 3 is 2.66 bits per heavy atom. The van der Waals surface area contributed by atoms with Gasteiger partial charge in [0.15, 0.2) is 0 Å². The van der Waals surface area contributed by atoms with Gasteiger partial charge in [0.2, 0.25) is 5.91 Å². The molecule has 0 aliphatic carbocycles. The summed E-state index contributed by atoms with van der Waals surface area (Å²) in [5.74, 6) is 1.40. The number of nitrogens with one attached hydrogen (secondary N) is 1. The largest absolute Gasteiger partial charge is 0.379 e. The van der Waals surface area contributed by atoms with Crippen molar-refractivity contribution >= 4 is 28.4 Å². The second-order valence-corrected chi connectivity index (χ2v) is 9.42. The van der Waals surface area contributed by atoms with Crippen LogP contribution in [-0.2, 0) is 17.8 Å². The van der Waals surface area contributed by atoms with Gasteiger partial charge in [0.05, 0.1) is 11.0 Å². The molecule has 0 bridgehead atoms. The third-order valence-electron chi connectivity index (χ3n) is 7.48. The molecule has 1 amide bonds. The average Bonchev–Trinajstić information content (AvgIpc) is 3.56. The van der Waals surface area contributed by atoms with Crippen molar-refractivity contribution in [3.8, 4) is 0 Å². The summed E-state index contributed by atoms with van der Waals surface area (Å²) in [4.78, 5) is 21.8. The van der Waals surface area contributed by atoms with Crippen molar-refractivity contribution in [2.24, 2.45) is 11.7 Å². The number of nitrogens with zero attached hydrogens (tertiary/aromatic N) is 4. The normalized spacial score (nSPS) is 22.4. The van der Waals surface area contributed by atoms with Gasteiger partial charge >= 0.3 is 0 Å². The van der Waals surface area contributed by atoms with Crippen LogP contribution < -0.4 is 16.0 Å². The zero-order valence-electron chi connectivity index (χ0n) is 18.4. The van der Waals surface area contributed by atoms with Crippen LogP contribution in [0, 0.1) is 5.92 Å². The Labute approximate surface area is 187 Å². The molecule has 3 aliphatic heterocycles. The van der Waals surface area contributed by atoms with Crippen LogP contribution >= 0.6 is 0 Å². The Morgan fingerprint density at radius 1 is 1.22 bits per heavy atom. The summed E-state index contributed by atoms with van der Waals surface area (Å²) >= 11 is 0. The zero-order valence-corrected chi connectivity index (χ0v) is 18.4. The lowest BCUT2D eigenvalue weighted by Gasteiger charge is -2.39. The van der Waals surface area contributed by atoms with Crippen molar-refractivity contribution in [2.45, 2.75) is 45.0 Å². The van der Waals surface area contributed by atoms with Gasteiger partial charge in [0.1, 0.15) is 17.7 Å². The van der Waals surface area contributed by atoms with Crippen molar-refractivity contribution in [2.75, 3.05) is 31.1 Å². The molecule has 5 heterocycles. The van der Waals surface area contributed by atoms with E-state index < -0.39 is 6.23 Å². The SMILES string of the molecule is CC(=O)N1CCc2c(c(N3CCC(C(N)O)CC3)n3c(nc4ccccc43)c2C2CN2)C1. The molecule has 8 heteroatoms. The standard InChI is InChI=1S/C24H30N6O2/c1-14(31)29-11-8-16-17(13-29)24(28-9-6-15(7-10-28)22(25)32)30-20-5-3-2-4-18(20)27-23(30)21(16)19-12-26-19/h2-5,15,19,22,26,32H,6-13,25H2,1H3. The van der Waals surface area contributed by atoms with Gasteiger partial charge in [-0.2, -0.15) is 0 Å². The van der Waals surface area contributed by atoms with Gasteiger partial charge in [-0.1, -0.05) is 12.1 Å². The first-order valence-electron chi connectivity index (χ1n) is 11.6. The zero-order chi connectivity index (χ0) is 22.0. The average molecular weight is 435 g/mol. The number of anilines is 1. The maximum atomic E-state index is 12.3. The van der Waals surface area contributed by atoms with Crippen molar-refractivity contribution in [1.29, 1.82) is 0 Å². The van der Waals surface area contributed by atoms with E-state index in [1.807, 2.05) is 11.0 Å². The lowest BCUT2D eigenvalue weighted by molar-refractivity contribution is -0.129. The molecule has 1 aromatic carbocycles. The minimum absolute atomic E-state index is 0.119. The van der Waals surface area contributed by atoms with E-state index in [9.17, 15) is 9.90 Å². The number of imidazole rings is 1. The Hall–Kier alpha value is -2.68. The molecule has 2 fully saturated rings. The van der Waals surface area contributed by atoms with E-state index in [1.54, 1.807) is 6.92 Å². The summed E-state index contributed by atoms with van der Waals surface area (Å²) in [6, 6.07) is 8.65. The molecule has 6 rings (SSSR count).